The number of anilines is 2. The molecule has 0 amide bonds. The van der Waals surface area contributed by atoms with E-state index in [1.807, 2.05) is 60.7 Å². The Morgan fingerprint density at radius 1 is 0.662 bits per heavy atom. The molecule has 2 aliphatic rings. The number of aliphatic carboxylic acids is 1. The first-order chi connectivity index (χ1) is 33.9. The molecule has 0 radical (unpaired) electrons. The Bertz CT molecular complexity index is 2570. The third-order valence-electron chi connectivity index (χ3n) is 13.0. The van der Waals surface area contributed by atoms with Gasteiger partial charge >= 0.3 is 5.97 Å². The van der Waals surface area contributed by atoms with E-state index in [0.717, 1.165) is 92.2 Å². The van der Waals surface area contributed by atoms with Crippen LogP contribution in [-0.4, -0.2) is 72.4 Å². The number of hydrogen-bond acceptors (Lipinski definition) is 7. The molecule has 71 heavy (non-hydrogen) atoms. The van der Waals surface area contributed by atoms with Crippen LogP contribution < -0.4 is 16.2 Å². The Kier molecular flexibility index (Phi) is 19.9. The summed E-state index contributed by atoms with van der Waals surface area (Å²) in [4.78, 5) is 16.1. The summed E-state index contributed by atoms with van der Waals surface area (Å²) in [7, 11) is 0. The summed E-state index contributed by atoms with van der Waals surface area (Å²) < 4.78 is 38.6. The van der Waals surface area contributed by atoms with Crippen LogP contribution in [0.5, 0.6) is 5.75 Å². The highest BCUT2D eigenvalue weighted by Gasteiger charge is 2.30. The molecule has 1 saturated heterocycles. The molecule has 1 aliphatic carbocycles. The molecule has 0 spiro atoms. The van der Waals surface area contributed by atoms with Crippen LogP contribution in [0, 0.1) is 11.6 Å². The van der Waals surface area contributed by atoms with Crippen LogP contribution in [0.4, 0.5) is 20.2 Å². The van der Waals surface area contributed by atoms with Crippen molar-refractivity contribution in [2.24, 2.45) is 0 Å². The summed E-state index contributed by atoms with van der Waals surface area (Å²) in [5.74, 6) is -0.522. The Hall–Kier alpha value is -6.85. The van der Waals surface area contributed by atoms with Gasteiger partial charge in [-0.25, -0.2) is 13.6 Å². The topological polar surface area (TPSA) is 114 Å². The molecule has 7 aromatic rings. The van der Waals surface area contributed by atoms with Gasteiger partial charge in [0.25, 0.3) is 0 Å². The first-order valence-electron chi connectivity index (χ1n) is 24.3. The Balaban J connectivity index is 0.000000188. The standard InChI is InChI=1S/C28H32F2N2O.C20H22O3.C12H12N2.CH4/c29-26-12-8-24(9-13-26)28(25-10-14-27(30)15-11-25)33-22-21-32-19-17-31(18-20-32)16-4-7-23-5-2-1-3-6-23;1-20(2,19(21)22)23-16-12-10-15(11-13-16)18-9-5-7-14-6-3-4-8-17(14)18;13-11-5-1-9(2-6-11)10-3-7-12(14)8-4-10;/h1-3,5-6,8-15,28H,4,7,16-22H2;3-4,6,8,10-13,18H,5,7,9H2,1-2H3,(H,21,22);1-8H,13-14H2;1H4. The summed E-state index contributed by atoms with van der Waals surface area (Å²) in [6.07, 6.45) is 5.47. The summed E-state index contributed by atoms with van der Waals surface area (Å²) in [5, 5.41) is 9.15. The van der Waals surface area contributed by atoms with E-state index in [4.69, 9.17) is 26.0 Å². The lowest BCUT2D eigenvalue weighted by atomic mass is 9.79. The molecular formula is C61H70F2N4O4. The predicted molar refractivity (Wildman–Crippen MR) is 286 cm³/mol. The molecule has 0 aromatic heterocycles. The van der Waals surface area contributed by atoms with Gasteiger partial charge in [0.2, 0.25) is 0 Å². The number of carboxylic acid groups (broad SMARTS) is 1. The molecule has 0 bridgehead atoms. The Morgan fingerprint density at radius 2 is 1.17 bits per heavy atom. The van der Waals surface area contributed by atoms with Crippen LogP contribution in [0.15, 0.2) is 176 Å². The van der Waals surface area contributed by atoms with Crippen molar-refractivity contribution in [1.29, 1.82) is 0 Å². The van der Waals surface area contributed by atoms with E-state index in [0.29, 0.717) is 18.3 Å². The molecule has 0 saturated carbocycles. The van der Waals surface area contributed by atoms with Crippen molar-refractivity contribution in [2.45, 2.75) is 71.0 Å². The summed E-state index contributed by atoms with van der Waals surface area (Å²) in [6, 6.07) is 55.4. The highest BCUT2D eigenvalue weighted by molar-refractivity contribution is 5.76. The van der Waals surface area contributed by atoms with E-state index < -0.39 is 11.6 Å². The van der Waals surface area contributed by atoms with E-state index in [1.54, 1.807) is 38.1 Å². The van der Waals surface area contributed by atoms with Crippen LogP contribution in [0.1, 0.15) is 85.9 Å². The average Bonchev–Trinajstić information content (AvgIpc) is 3.38. The zero-order valence-corrected chi connectivity index (χ0v) is 40.4. The van der Waals surface area contributed by atoms with Crippen molar-refractivity contribution in [3.63, 3.8) is 0 Å². The number of aryl methyl sites for hydroxylation is 2. The van der Waals surface area contributed by atoms with Gasteiger partial charge < -0.3 is 30.9 Å². The highest BCUT2D eigenvalue weighted by Crippen LogP contribution is 2.37. The fraction of sp³-hybridized carbons (Fsp3) is 0.295. The molecule has 1 atom stereocenters. The third kappa shape index (κ3) is 16.1. The van der Waals surface area contributed by atoms with Crippen molar-refractivity contribution < 1.29 is 28.2 Å². The first-order valence-corrected chi connectivity index (χ1v) is 24.3. The summed E-state index contributed by atoms with van der Waals surface area (Å²) in [6.45, 7) is 9.88. The molecule has 1 fully saturated rings. The lowest BCUT2D eigenvalue weighted by Crippen LogP contribution is -2.47. The predicted octanol–water partition coefficient (Wildman–Crippen LogP) is 12.9. The molecule has 1 unspecified atom stereocenters. The van der Waals surface area contributed by atoms with Crippen LogP contribution in [0.25, 0.3) is 11.1 Å². The quantitative estimate of drug-likeness (QED) is 0.0871. The van der Waals surface area contributed by atoms with Crippen molar-refractivity contribution in [3.8, 4) is 16.9 Å². The fourth-order valence-electron chi connectivity index (χ4n) is 8.91. The number of ether oxygens (including phenoxy) is 2. The lowest BCUT2D eigenvalue weighted by molar-refractivity contribution is -0.152. The number of rotatable bonds is 15. The maximum absolute atomic E-state index is 13.4. The smallest absolute Gasteiger partial charge is 0.347 e. The van der Waals surface area contributed by atoms with E-state index >= 15 is 0 Å². The van der Waals surface area contributed by atoms with Gasteiger partial charge in [0, 0.05) is 50.0 Å². The maximum atomic E-state index is 13.4. The molecule has 7 aromatic carbocycles. The minimum absolute atomic E-state index is 0. The minimum atomic E-state index is -1.22. The SMILES string of the molecule is C.CC(C)(Oc1ccc(C2CCCc3ccccc32)cc1)C(=O)O.Fc1ccc(C(OCCN2CCN(CCCc3ccccc3)CC2)c2ccc(F)cc2)cc1.Nc1ccc(-c2ccc(N)cc2)cc1. The van der Waals surface area contributed by atoms with Crippen LogP contribution in [-0.2, 0) is 22.4 Å². The lowest BCUT2D eigenvalue weighted by Gasteiger charge is -2.35. The number of hydrogen-bond donors (Lipinski definition) is 3. The van der Waals surface area contributed by atoms with Gasteiger partial charge in [0.05, 0.1) is 6.61 Å². The van der Waals surface area contributed by atoms with Crippen LogP contribution in [0.3, 0.4) is 0 Å². The molecular weight excluding hydrogens is 891 g/mol. The Labute approximate surface area is 419 Å². The van der Waals surface area contributed by atoms with Crippen molar-refractivity contribution in [1.82, 2.24) is 9.80 Å². The highest BCUT2D eigenvalue weighted by atomic mass is 19.1. The number of carboxylic acids is 1. The second-order valence-electron chi connectivity index (χ2n) is 18.5. The maximum Gasteiger partial charge on any atom is 0.347 e. The average molecular weight is 961 g/mol. The van der Waals surface area contributed by atoms with Gasteiger partial charge in [-0.3, -0.25) is 4.90 Å². The van der Waals surface area contributed by atoms with Crippen molar-refractivity contribution >= 4 is 17.3 Å². The second kappa shape index (κ2) is 26.4. The number of halogens is 2. The molecule has 10 heteroatoms. The zero-order chi connectivity index (χ0) is 49.3. The number of carbonyl (C=O) groups is 1. The van der Waals surface area contributed by atoms with Gasteiger partial charge in [0.1, 0.15) is 23.5 Å². The third-order valence-corrected chi connectivity index (χ3v) is 13.0. The number of nitrogens with two attached hydrogens (primary N) is 2. The number of nitrogens with zero attached hydrogens (tertiary/aromatic N) is 2. The van der Waals surface area contributed by atoms with Gasteiger partial charge in [-0.2, -0.15) is 0 Å². The monoisotopic (exact) mass is 961 g/mol. The number of nitrogen functional groups attached to an aromatic ring is 2. The summed E-state index contributed by atoms with van der Waals surface area (Å²) in [5.41, 5.74) is 21.1. The normalized spacial score (nSPS) is 14.7. The number of benzene rings is 7. The first kappa shape index (κ1) is 53.5. The molecule has 1 aliphatic heterocycles. The molecule has 1 heterocycles. The van der Waals surface area contributed by atoms with E-state index in [1.165, 1.54) is 59.4 Å². The number of fused-ring (bicyclic) bond motifs is 1. The molecule has 9 rings (SSSR count). The van der Waals surface area contributed by atoms with Crippen LogP contribution in [0.2, 0.25) is 0 Å². The van der Waals surface area contributed by atoms with Gasteiger partial charge in [-0.1, -0.05) is 123 Å². The van der Waals surface area contributed by atoms with Crippen molar-refractivity contribution in [3.05, 3.63) is 221 Å². The molecule has 8 nitrogen and oxygen atoms in total. The molecule has 372 valence electrons. The van der Waals surface area contributed by atoms with Gasteiger partial charge in [0.15, 0.2) is 5.60 Å². The largest absolute Gasteiger partial charge is 0.478 e. The summed E-state index contributed by atoms with van der Waals surface area (Å²) >= 11 is 0. The van der Waals surface area contributed by atoms with E-state index in [9.17, 15) is 13.6 Å². The second-order valence-corrected chi connectivity index (χ2v) is 18.5. The van der Waals surface area contributed by atoms with Crippen molar-refractivity contribution in [2.75, 3.05) is 57.3 Å². The van der Waals surface area contributed by atoms with E-state index in [2.05, 4.69) is 76.5 Å². The Morgan fingerprint density at radius 3 is 1.70 bits per heavy atom. The zero-order valence-electron chi connectivity index (χ0n) is 40.4. The van der Waals surface area contributed by atoms with Crippen LogP contribution >= 0.6 is 0 Å². The minimum Gasteiger partial charge on any atom is -0.478 e. The molecule has 5 N–H and O–H groups in total. The van der Waals surface area contributed by atoms with Gasteiger partial charge in [-0.05, 0) is 158 Å². The van der Waals surface area contributed by atoms with E-state index in [-0.39, 0.29) is 25.2 Å². The fourth-order valence-corrected chi connectivity index (χ4v) is 8.91. The number of piperazine rings is 1. The van der Waals surface area contributed by atoms with Gasteiger partial charge in [-0.15, -0.1) is 0 Å².